The maximum absolute atomic E-state index is 11.9. The number of benzene rings is 1. The van der Waals surface area contributed by atoms with Crippen LogP contribution in [0.15, 0.2) is 28.7 Å². The van der Waals surface area contributed by atoms with Crippen molar-refractivity contribution >= 4 is 21.8 Å². The van der Waals surface area contributed by atoms with Gasteiger partial charge in [0.25, 0.3) is 0 Å². The first-order chi connectivity index (χ1) is 8.90. The summed E-state index contributed by atoms with van der Waals surface area (Å²) in [6, 6.07) is 7.89. The average molecular weight is 326 g/mol. The smallest absolute Gasteiger partial charge is 0.224 e. The van der Waals surface area contributed by atoms with Gasteiger partial charge in [-0.05, 0) is 35.4 Å². The van der Waals surface area contributed by atoms with Crippen LogP contribution in [0.25, 0.3) is 0 Å². The maximum atomic E-state index is 11.9. The summed E-state index contributed by atoms with van der Waals surface area (Å²) in [5.74, 6) is 1.82. The van der Waals surface area contributed by atoms with E-state index >= 15 is 0 Å². The Labute approximate surface area is 125 Å². The minimum atomic E-state index is 0.105. The quantitative estimate of drug-likeness (QED) is 0.840. The highest BCUT2D eigenvalue weighted by molar-refractivity contribution is 9.10. The molecule has 1 amide bonds. The molecular weight excluding hydrogens is 302 g/mol. The fourth-order valence-electron chi connectivity index (χ4n) is 2.32. The summed E-state index contributed by atoms with van der Waals surface area (Å²) in [5.41, 5.74) is 1.05. The molecule has 1 rings (SSSR count). The molecule has 0 fully saturated rings. The molecule has 0 aliphatic carbocycles. The Kier molecular flexibility index (Phi) is 6.56. The van der Waals surface area contributed by atoms with Crippen molar-refractivity contribution in [3.63, 3.8) is 0 Å². The number of nitrogens with one attached hydrogen (secondary N) is 1. The van der Waals surface area contributed by atoms with Gasteiger partial charge in [-0.15, -0.1) is 0 Å². The number of rotatable bonds is 6. The molecule has 0 radical (unpaired) electrons. The average Bonchev–Trinajstić information content (AvgIpc) is 2.31. The first-order valence-electron chi connectivity index (χ1n) is 6.91. The summed E-state index contributed by atoms with van der Waals surface area (Å²) >= 11 is 3.39. The number of hydrogen-bond acceptors (Lipinski definition) is 1. The second kappa shape index (κ2) is 7.68. The lowest BCUT2D eigenvalue weighted by molar-refractivity contribution is -0.120. The van der Waals surface area contributed by atoms with Gasteiger partial charge in [-0.3, -0.25) is 4.79 Å². The fraction of sp³-hybridized carbons (Fsp3) is 0.562. The molecule has 1 aromatic rings. The molecule has 0 unspecified atom stereocenters. The third-order valence-corrected chi connectivity index (χ3v) is 4.05. The van der Waals surface area contributed by atoms with E-state index in [-0.39, 0.29) is 5.91 Å². The van der Waals surface area contributed by atoms with Crippen molar-refractivity contribution in [2.45, 2.75) is 34.1 Å². The normalized spacial score (nSPS) is 11.4. The number of halogens is 1. The van der Waals surface area contributed by atoms with Gasteiger partial charge in [0.1, 0.15) is 0 Å². The lowest BCUT2D eigenvalue weighted by atomic mass is 9.85. The summed E-state index contributed by atoms with van der Waals surface area (Å²) in [6.45, 7) is 9.62. The van der Waals surface area contributed by atoms with Crippen LogP contribution in [0.5, 0.6) is 0 Å². The molecule has 0 atom stereocenters. The van der Waals surface area contributed by atoms with Crippen molar-refractivity contribution in [1.29, 1.82) is 0 Å². The molecule has 0 spiro atoms. The second-order valence-electron chi connectivity index (χ2n) is 5.76. The van der Waals surface area contributed by atoms with E-state index in [9.17, 15) is 4.79 Å². The van der Waals surface area contributed by atoms with Gasteiger partial charge in [-0.25, -0.2) is 0 Å². The highest BCUT2D eigenvalue weighted by Gasteiger charge is 2.18. The van der Waals surface area contributed by atoms with Gasteiger partial charge < -0.3 is 5.32 Å². The van der Waals surface area contributed by atoms with Gasteiger partial charge in [0.05, 0.1) is 6.42 Å². The predicted molar refractivity (Wildman–Crippen MR) is 84.0 cm³/mol. The van der Waals surface area contributed by atoms with Crippen LogP contribution >= 0.6 is 15.9 Å². The molecule has 0 aromatic heterocycles. The number of carbonyl (C=O) groups excluding carboxylic acids is 1. The van der Waals surface area contributed by atoms with Crippen LogP contribution in [-0.4, -0.2) is 12.5 Å². The summed E-state index contributed by atoms with van der Waals surface area (Å²) in [4.78, 5) is 11.9. The topological polar surface area (TPSA) is 29.1 Å². The lowest BCUT2D eigenvalue weighted by Crippen LogP contribution is -2.34. The van der Waals surface area contributed by atoms with E-state index < -0.39 is 0 Å². The molecule has 0 heterocycles. The van der Waals surface area contributed by atoms with Gasteiger partial charge >= 0.3 is 0 Å². The molecule has 0 bridgehead atoms. The Bertz CT molecular complexity index is 390. The zero-order valence-electron chi connectivity index (χ0n) is 12.2. The molecule has 2 nitrogen and oxygen atoms in total. The van der Waals surface area contributed by atoms with Gasteiger partial charge in [0.2, 0.25) is 5.91 Å². The summed E-state index contributed by atoms with van der Waals surface area (Å²) in [6.07, 6.45) is 0.455. The van der Waals surface area contributed by atoms with Gasteiger partial charge in [-0.2, -0.15) is 0 Å². The van der Waals surface area contributed by atoms with Crippen molar-refractivity contribution in [2.75, 3.05) is 6.54 Å². The maximum Gasteiger partial charge on any atom is 0.224 e. The third kappa shape index (κ3) is 5.77. The molecule has 1 N–H and O–H groups in total. The van der Waals surface area contributed by atoms with E-state index in [0.717, 1.165) is 16.6 Å². The van der Waals surface area contributed by atoms with Crippen molar-refractivity contribution in [2.24, 2.45) is 17.8 Å². The minimum absolute atomic E-state index is 0.105. The van der Waals surface area contributed by atoms with Gasteiger partial charge in [0, 0.05) is 11.0 Å². The summed E-state index contributed by atoms with van der Waals surface area (Å²) < 4.78 is 1.04. The van der Waals surface area contributed by atoms with Crippen LogP contribution in [0.4, 0.5) is 0 Å². The van der Waals surface area contributed by atoms with E-state index in [1.807, 2.05) is 24.3 Å². The van der Waals surface area contributed by atoms with E-state index in [1.54, 1.807) is 0 Å². The largest absolute Gasteiger partial charge is 0.356 e. The number of carbonyl (C=O) groups is 1. The second-order valence-corrected chi connectivity index (χ2v) is 6.67. The zero-order chi connectivity index (χ0) is 14.4. The summed E-state index contributed by atoms with van der Waals surface area (Å²) in [7, 11) is 0. The number of hydrogen-bond donors (Lipinski definition) is 1. The molecule has 106 valence electrons. The highest BCUT2D eigenvalue weighted by atomic mass is 79.9. The predicted octanol–water partition coefficient (Wildman–Crippen LogP) is 4.04. The Hall–Kier alpha value is -0.830. The number of amides is 1. The van der Waals surface area contributed by atoms with Gasteiger partial charge in [-0.1, -0.05) is 55.8 Å². The molecule has 19 heavy (non-hydrogen) atoms. The van der Waals surface area contributed by atoms with Crippen molar-refractivity contribution < 1.29 is 4.79 Å². The SMILES string of the molecule is CC(C)C(CNC(=O)Cc1ccc(Br)cc1)C(C)C. The molecule has 0 saturated carbocycles. The Balaban J connectivity index is 2.45. The molecule has 0 aliphatic rings. The van der Waals surface area contributed by atoms with Crippen LogP contribution in [0.3, 0.4) is 0 Å². The van der Waals surface area contributed by atoms with E-state index in [2.05, 4.69) is 48.9 Å². The molecule has 0 aliphatic heterocycles. The fourth-order valence-corrected chi connectivity index (χ4v) is 2.59. The standard InChI is InChI=1S/C16H24BrNO/c1-11(2)15(12(3)4)10-18-16(19)9-13-5-7-14(17)8-6-13/h5-8,11-12,15H,9-10H2,1-4H3,(H,18,19). The first kappa shape index (κ1) is 16.2. The third-order valence-electron chi connectivity index (χ3n) is 3.53. The minimum Gasteiger partial charge on any atom is -0.356 e. The van der Waals surface area contributed by atoms with Crippen LogP contribution < -0.4 is 5.32 Å². The Morgan fingerprint density at radius 2 is 1.63 bits per heavy atom. The van der Waals surface area contributed by atoms with E-state index in [0.29, 0.717) is 24.2 Å². The van der Waals surface area contributed by atoms with E-state index in [1.165, 1.54) is 0 Å². The Morgan fingerprint density at radius 1 is 1.11 bits per heavy atom. The van der Waals surface area contributed by atoms with Crippen LogP contribution in [0, 0.1) is 17.8 Å². The zero-order valence-corrected chi connectivity index (χ0v) is 13.8. The Morgan fingerprint density at radius 3 is 2.11 bits per heavy atom. The molecule has 0 saturated heterocycles. The van der Waals surface area contributed by atoms with Crippen molar-refractivity contribution in [3.8, 4) is 0 Å². The molecule has 3 heteroatoms. The monoisotopic (exact) mass is 325 g/mol. The highest BCUT2D eigenvalue weighted by Crippen LogP contribution is 2.19. The van der Waals surface area contributed by atoms with Gasteiger partial charge in [0.15, 0.2) is 0 Å². The van der Waals surface area contributed by atoms with Crippen LogP contribution in [0.1, 0.15) is 33.3 Å². The molecular formula is C16H24BrNO. The summed E-state index contributed by atoms with van der Waals surface area (Å²) in [5, 5.41) is 3.06. The van der Waals surface area contributed by atoms with Crippen LogP contribution in [0.2, 0.25) is 0 Å². The van der Waals surface area contributed by atoms with E-state index in [4.69, 9.17) is 0 Å². The van der Waals surface area contributed by atoms with Crippen LogP contribution in [-0.2, 0) is 11.2 Å². The molecule has 1 aromatic carbocycles. The van der Waals surface area contributed by atoms with Crippen molar-refractivity contribution in [1.82, 2.24) is 5.32 Å². The lowest BCUT2D eigenvalue weighted by Gasteiger charge is -2.25. The first-order valence-corrected chi connectivity index (χ1v) is 7.70. The van der Waals surface area contributed by atoms with Crippen molar-refractivity contribution in [3.05, 3.63) is 34.3 Å².